The molecule has 0 aliphatic heterocycles. The minimum absolute atomic E-state index is 0.176. The number of rotatable bonds is 8. The van der Waals surface area contributed by atoms with Gasteiger partial charge >= 0.3 is 0 Å². The average Bonchev–Trinajstić information content (AvgIpc) is 3.22. The van der Waals surface area contributed by atoms with Gasteiger partial charge in [0.25, 0.3) is 0 Å². The summed E-state index contributed by atoms with van der Waals surface area (Å²) in [6.45, 7) is 2.21. The van der Waals surface area contributed by atoms with Gasteiger partial charge in [0.2, 0.25) is 5.88 Å². The highest BCUT2D eigenvalue weighted by Gasteiger charge is 2.23. The third-order valence-corrected chi connectivity index (χ3v) is 5.72. The molecule has 0 aliphatic rings. The number of hydrogen-bond donors (Lipinski definition) is 0. The predicted molar refractivity (Wildman–Crippen MR) is 123 cm³/mol. The summed E-state index contributed by atoms with van der Waals surface area (Å²) in [6.07, 6.45) is 6.51. The van der Waals surface area contributed by atoms with Crippen LogP contribution in [0.4, 0.5) is 0 Å². The lowest BCUT2D eigenvalue weighted by molar-refractivity contribution is 0.387. The van der Waals surface area contributed by atoms with E-state index in [0.717, 1.165) is 45.0 Å². The molecule has 4 rings (SSSR count). The number of methoxy groups -OCH3 is 1. The SMILES string of the molecule is CCCCCc1cn(C(c2ccccc2)c2cc3cc(Br)ccc3nc2OC)nn1. The van der Waals surface area contributed by atoms with Crippen molar-refractivity contribution in [2.45, 2.75) is 38.6 Å². The van der Waals surface area contributed by atoms with Gasteiger partial charge in [0, 0.05) is 21.6 Å². The lowest BCUT2D eigenvalue weighted by Crippen LogP contribution is -2.15. The number of benzene rings is 2. The van der Waals surface area contributed by atoms with Crippen LogP contribution in [0, 0.1) is 0 Å². The van der Waals surface area contributed by atoms with Crippen molar-refractivity contribution in [1.29, 1.82) is 0 Å². The van der Waals surface area contributed by atoms with Crippen LogP contribution in [0.1, 0.15) is 49.0 Å². The number of ether oxygens (including phenoxy) is 1. The highest BCUT2D eigenvalue weighted by molar-refractivity contribution is 9.10. The molecule has 154 valence electrons. The van der Waals surface area contributed by atoms with Crippen LogP contribution in [-0.2, 0) is 6.42 Å². The largest absolute Gasteiger partial charge is 0.481 e. The Hall–Kier alpha value is -2.73. The number of pyridine rings is 1. The lowest BCUT2D eigenvalue weighted by atomic mass is 9.98. The van der Waals surface area contributed by atoms with Gasteiger partial charge in [-0.25, -0.2) is 9.67 Å². The van der Waals surface area contributed by atoms with Gasteiger partial charge in [0.15, 0.2) is 0 Å². The highest BCUT2D eigenvalue weighted by atomic mass is 79.9. The Kier molecular flexibility index (Phi) is 6.43. The first-order chi connectivity index (χ1) is 14.7. The normalized spacial score (nSPS) is 12.2. The van der Waals surface area contributed by atoms with E-state index in [0.29, 0.717) is 5.88 Å². The summed E-state index contributed by atoms with van der Waals surface area (Å²) in [4.78, 5) is 4.77. The summed E-state index contributed by atoms with van der Waals surface area (Å²) in [5, 5.41) is 9.98. The van der Waals surface area contributed by atoms with Crippen LogP contribution in [0.2, 0.25) is 0 Å². The van der Waals surface area contributed by atoms with Crippen molar-refractivity contribution >= 4 is 26.8 Å². The average molecular weight is 465 g/mol. The van der Waals surface area contributed by atoms with E-state index in [1.807, 2.05) is 35.0 Å². The molecule has 0 radical (unpaired) electrons. The standard InChI is InChI=1S/C24H25BrN4O/c1-3-4-6-11-20-16-29(28-27-20)23(17-9-7-5-8-10-17)21-15-18-14-19(25)12-13-22(18)26-24(21)30-2/h5,7-10,12-16,23H,3-4,6,11H2,1-2H3. The van der Waals surface area contributed by atoms with Gasteiger partial charge in [-0.15, -0.1) is 5.10 Å². The van der Waals surface area contributed by atoms with Crippen LogP contribution in [-0.4, -0.2) is 27.1 Å². The predicted octanol–water partition coefficient (Wildman–Crippen LogP) is 5.97. The summed E-state index contributed by atoms with van der Waals surface area (Å²) in [5.74, 6) is 0.599. The van der Waals surface area contributed by atoms with Crippen molar-refractivity contribution in [2.75, 3.05) is 7.11 Å². The molecule has 0 saturated carbocycles. The molecule has 4 aromatic rings. The molecule has 6 heteroatoms. The first-order valence-corrected chi connectivity index (χ1v) is 11.1. The molecular weight excluding hydrogens is 440 g/mol. The van der Waals surface area contributed by atoms with E-state index in [-0.39, 0.29) is 6.04 Å². The van der Waals surface area contributed by atoms with Gasteiger partial charge in [-0.2, -0.15) is 0 Å². The third-order valence-electron chi connectivity index (χ3n) is 5.23. The molecule has 2 aromatic heterocycles. The van der Waals surface area contributed by atoms with Crippen molar-refractivity contribution in [3.05, 3.63) is 82.1 Å². The first-order valence-electron chi connectivity index (χ1n) is 10.3. The summed E-state index contributed by atoms with van der Waals surface area (Å²) in [7, 11) is 1.66. The van der Waals surface area contributed by atoms with Crippen LogP contribution in [0.3, 0.4) is 0 Å². The molecule has 30 heavy (non-hydrogen) atoms. The van der Waals surface area contributed by atoms with E-state index >= 15 is 0 Å². The topological polar surface area (TPSA) is 52.8 Å². The Bertz CT molecular complexity index is 1130. The molecule has 1 atom stereocenters. The molecule has 5 nitrogen and oxygen atoms in total. The molecule has 0 saturated heterocycles. The molecule has 0 aliphatic carbocycles. The van der Waals surface area contributed by atoms with Gasteiger partial charge in [0.1, 0.15) is 6.04 Å². The number of aryl methyl sites for hydroxylation is 1. The van der Waals surface area contributed by atoms with E-state index in [9.17, 15) is 0 Å². The molecular formula is C24H25BrN4O. The summed E-state index contributed by atoms with van der Waals surface area (Å²) in [5.41, 5.74) is 3.97. The zero-order valence-electron chi connectivity index (χ0n) is 17.3. The number of nitrogens with zero attached hydrogens (tertiary/aromatic N) is 4. The quantitative estimate of drug-likeness (QED) is 0.301. The fourth-order valence-electron chi connectivity index (χ4n) is 3.73. The second-order valence-electron chi connectivity index (χ2n) is 7.38. The van der Waals surface area contributed by atoms with Gasteiger partial charge in [0.05, 0.1) is 18.3 Å². The molecule has 2 heterocycles. The fraction of sp³-hybridized carbons (Fsp3) is 0.292. The maximum atomic E-state index is 5.71. The second-order valence-corrected chi connectivity index (χ2v) is 8.30. The van der Waals surface area contributed by atoms with Gasteiger partial charge in [-0.05, 0) is 42.7 Å². The molecule has 1 unspecified atom stereocenters. The van der Waals surface area contributed by atoms with Gasteiger partial charge in [-0.1, -0.05) is 71.2 Å². The Balaban J connectivity index is 1.83. The van der Waals surface area contributed by atoms with Crippen LogP contribution < -0.4 is 4.74 Å². The van der Waals surface area contributed by atoms with Crippen molar-refractivity contribution < 1.29 is 4.74 Å². The minimum atomic E-state index is -0.176. The van der Waals surface area contributed by atoms with E-state index in [4.69, 9.17) is 9.72 Å². The number of halogens is 1. The summed E-state index contributed by atoms with van der Waals surface area (Å²) < 4.78 is 8.66. The van der Waals surface area contributed by atoms with Crippen LogP contribution in [0.5, 0.6) is 5.88 Å². The van der Waals surface area contributed by atoms with Crippen molar-refractivity contribution in [3.8, 4) is 5.88 Å². The van der Waals surface area contributed by atoms with E-state index in [2.05, 4.69) is 63.6 Å². The Morgan fingerprint density at radius 1 is 1.07 bits per heavy atom. The number of unbranched alkanes of at least 4 members (excludes halogenated alkanes) is 2. The Morgan fingerprint density at radius 3 is 2.67 bits per heavy atom. The Labute approximate surface area is 185 Å². The first kappa shape index (κ1) is 20.5. The lowest BCUT2D eigenvalue weighted by Gasteiger charge is -2.20. The zero-order chi connectivity index (χ0) is 20.9. The van der Waals surface area contributed by atoms with Crippen molar-refractivity contribution in [1.82, 2.24) is 20.0 Å². The summed E-state index contributed by atoms with van der Waals surface area (Å²) in [6, 6.07) is 18.3. The summed E-state index contributed by atoms with van der Waals surface area (Å²) >= 11 is 3.57. The smallest absolute Gasteiger partial charge is 0.219 e. The van der Waals surface area contributed by atoms with E-state index in [1.165, 1.54) is 12.8 Å². The number of fused-ring (bicyclic) bond motifs is 1. The van der Waals surface area contributed by atoms with Crippen LogP contribution in [0.15, 0.2) is 65.3 Å². The van der Waals surface area contributed by atoms with E-state index < -0.39 is 0 Å². The number of aromatic nitrogens is 4. The maximum Gasteiger partial charge on any atom is 0.219 e. The molecule has 0 spiro atoms. The molecule has 0 N–H and O–H groups in total. The number of hydrogen-bond acceptors (Lipinski definition) is 4. The van der Waals surface area contributed by atoms with Gasteiger partial charge in [-0.3, -0.25) is 0 Å². The highest BCUT2D eigenvalue weighted by Crippen LogP contribution is 2.34. The Morgan fingerprint density at radius 2 is 1.90 bits per heavy atom. The van der Waals surface area contributed by atoms with Crippen molar-refractivity contribution in [3.63, 3.8) is 0 Å². The molecule has 0 bridgehead atoms. The molecule has 2 aromatic carbocycles. The van der Waals surface area contributed by atoms with Crippen LogP contribution >= 0.6 is 15.9 Å². The van der Waals surface area contributed by atoms with Gasteiger partial charge < -0.3 is 4.74 Å². The zero-order valence-corrected chi connectivity index (χ0v) is 18.8. The third kappa shape index (κ3) is 4.38. The minimum Gasteiger partial charge on any atom is -0.481 e. The van der Waals surface area contributed by atoms with Crippen molar-refractivity contribution in [2.24, 2.45) is 0 Å². The fourth-order valence-corrected chi connectivity index (χ4v) is 4.10. The molecule has 0 amide bonds. The van der Waals surface area contributed by atoms with Crippen LogP contribution in [0.25, 0.3) is 10.9 Å². The monoisotopic (exact) mass is 464 g/mol. The molecule has 0 fully saturated rings. The maximum absolute atomic E-state index is 5.71. The second kappa shape index (κ2) is 9.39. The van der Waals surface area contributed by atoms with E-state index in [1.54, 1.807) is 7.11 Å².